The van der Waals surface area contributed by atoms with Gasteiger partial charge in [0.2, 0.25) is 0 Å². The molecule has 0 bridgehead atoms. The minimum atomic E-state index is -0.162. The Morgan fingerprint density at radius 1 is 1.08 bits per heavy atom. The van der Waals surface area contributed by atoms with Crippen molar-refractivity contribution in [3.63, 3.8) is 0 Å². The van der Waals surface area contributed by atoms with Gasteiger partial charge in [0.1, 0.15) is 11.5 Å². The Kier molecular flexibility index (Phi) is 4.13. The highest BCUT2D eigenvalue weighted by atomic mass is 16.2. The third-order valence-electron chi connectivity index (χ3n) is 3.91. The van der Waals surface area contributed by atoms with Gasteiger partial charge in [0.25, 0.3) is 5.91 Å². The number of amides is 1. The van der Waals surface area contributed by atoms with Crippen molar-refractivity contribution in [3.8, 4) is 0 Å². The second-order valence-corrected chi connectivity index (χ2v) is 5.85. The van der Waals surface area contributed by atoms with E-state index in [1.54, 1.807) is 42.2 Å². The molecule has 3 rings (SSSR count). The lowest BCUT2D eigenvalue weighted by atomic mass is 10.1. The van der Waals surface area contributed by atoms with Gasteiger partial charge in [0.05, 0.1) is 5.69 Å². The molecule has 0 fully saturated rings. The quantitative estimate of drug-likeness (QED) is 0.634. The summed E-state index contributed by atoms with van der Waals surface area (Å²) < 4.78 is 0. The number of rotatable bonds is 3. The molecule has 120 valence electrons. The van der Waals surface area contributed by atoms with Crippen molar-refractivity contribution in [2.75, 3.05) is 4.90 Å². The molecule has 0 aliphatic carbocycles. The Hall–Kier alpha value is -3.01. The van der Waals surface area contributed by atoms with Crippen molar-refractivity contribution in [3.05, 3.63) is 70.9 Å². The normalized spacial score (nSPS) is 15.8. The standard InChI is InChI=1S/C20H18N2O2/c1-13-5-4-6-16(11-13)12-19-20(24)22(15(3)21-19)18-9-7-17(8-10-18)14(2)23/h4-12H,1-3H3/b19-12+. The summed E-state index contributed by atoms with van der Waals surface area (Å²) in [7, 11) is 0. The second kappa shape index (κ2) is 6.24. The average molecular weight is 318 g/mol. The lowest BCUT2D eigenvalue weighted by Gasteiger charge is -2.16. The molecule has 0 atom stereocenters. The summed E-state index contributed by atoms with van der Waals surface area (Å²) in [4.78, 5) is 30.0. The minimum Gasteiger partial charge on any atom is -0.295 e. The zero-order valence-electron chi connectivity index (χ0n) is 13.9. The number of carbonyl (C=O) groups excluding carboxylic acids is 2. The minimum absolute atomic E-state index is 0.000259. The fourth-order valence-electron chi connectivity index (χ4n) is 2.69. The summed E-state index contributed by atoms with van der Waals surface area (Å²) in [5, 5.41) is 0. The molecule has 1 heterocycles. The van der Waals surface area contributed by atoms with Gasteiger partial charge in [0, 0.05) is 5.56 Å². The number of benzene rings is 2. The fourth-order valence-corrected chi connectivity index (χ4v) is 2.69. The maximum atomic E-state index is 12.7. The predicted octanol–water partition coefficient (Wildman–Crippen LogP) is 4.00. The van der Waals surface area contributed by atoms with Crippen LogP contribution in [-0.2, 0) is 4.79 Å². The first kappa shape index (κ1) is 15.9. The fraction of sp³-hybridized carbons (Fsp3) is 0.150. The number of ketones is 1. The van der Waals surface area contributed by atoms with Crippen molar-refractivity contribution < 1.29 is 9.59 Å². The molecule has 24 heavy (non-hydrogen) atoms. The summed E-state index contributed by atoms with van der Waals surface area (Å²) >= 11 is 0. The lowest BCUT2D eigenvalue weighted by molar-refractivity contribution is -0.113. The Morgan fingerprint density at radius 3 is 2.42 bits per heavy atom. The predicted molar refractivity (Wildman–Crippen MR) is 96.2 cm³/mol. The van der Waals surface area contributed by atoms with Crippen LogP contribution in [0.15, 0.2) is 59.2 Å². The summed E-state index contributed by atoms with van der Waals surface area (Å²) in [5.41, 5.74) is 3.82. The number of Topliss-reactive ketones (excluding diaryl/α,β-unsaturated/α-hetero) is 1. The second-order valence-electron chi connectivity index (χ2n) is 5.85. The maximum absolute atomic E-state index is 12.7. The zero-order valence-corrected chi connectivity index (χ0v) is 13.9. The average Bonchev–Trinajstić information content (AvgIpc) is 2.81. The van der Waals surface area contributed by atoms with E-state index in [0.29, 0.717) is 22.8 Å². The van der Waals surface area contributed by atoms with Crippen molar-refractivity contribution in [1.29, 1.82) is 0 Å². The van der Waals surface area contributed by atoms with E-state index >= 15 is 0 Å². The Labute approximate surface area is 141 Å². The highest BCUT2D eigenvalue weighted by Crippen LogP contribution is 2.25. The van der Waals surface area contributed by atoms with Gasteiger partial charge in [-0.25, -0.2) is 4.99 Å². The van der Waals surface area contributed by atoms with Gasteiger partial charge in [-0.05, 0) is 56.7 Å². The van der Waals surface area contributed by atoms with E-state index in [4.69, 9.17) is 0 Å². The summed E-state index contributed by atoms with van der Waals surface area (Å²) in [6.07, 6.45) is 1.79. The molecule has 0 unspecified atom stereocenters. The number of aryl methyl sites for hydroxylation is 1. The first-order valence-corrected chi connectivity index (χ1v) is 7.75. The molecular formula is C20H18N2O2. The lowest BCUT2D eigenvalue weighted by Crippen LogP contribution is -2.30. The molecule has 2 aromatic rings. The van der Waals surface area contributed by atoms with Crippen LogP contribution in [0.25, 0.3) is 6.08 Å². The molecule has 0 saturated carbocycles. The van der Waals surface area contributed by atoms with Crippen molar-refractivity contribution in [2.45, 2.75) is 20.8 Å². The van der Waals surface area contributed by atoms with Crippen molar-refractivity contribution >= 4 is 29.3 Å². The highest BCUT2D eigenvalue weighted by molar-refractivity contribution is 6.28. The van der Waals surface area contributed by atoms with Crippen molar-refractivity contribution in [2.24, 2.45) is 4.99 Å². The summed E-state index contributed by atoms with van der Waals surface area (Å²) in [5.74, 6) is 0.457. The van der Waals surface area contributed by atoms with Crippen LogP contribution < -0.4 is 4.90 Å². The highest BCUT2D eigenvalue weighted by Gasteiger charge is 2.28. The molecule has 0 N–H and O–H groups in total. The molecule has 0 aromatic heterocycles. The number of carbonyl (C=O) groups is 2. The zero-order chi connectivity index (χ0) is 17.3. The number of aliphatic imine (C=N–C) groups is 1. The maximum Gasteiger partial charge on any atom is 0.282 e. The van der Waals surface area contributed by atoms with Crippen LogP contribution in [0.4, 0.5) is 5.69 Å². The van der Waals surface area contributed by atoms with E-state index < -0.39 is 0 Å². The molecule has 4 heteroatoms. The van der Waals surface area contributed by atoms with Gasteiger partial charge in [-0.3, -0.25) is 14.5 Å². The molecule has 4 nitrogen and oxygen atoms in total. The van der Waals surface area contributed by atoms with Crippen LogP contribution in [0.1, 0.15) is 35.3 Å². The van der Waals surface area contributed by atoms with E-state index in [-0.39, 0.29) is 11.7 Å². The third kappa shape index (κ3) is 3.04. The van der Waals surface area contributed by atoms with E-state index in [1.807, 2.05) is 31.2 Å². The van der Waals surface area contributed by atoms with Gasteiger partial charge in [-0.1, -0.05) is 29.8 Å². The molecule has 0 radical (unpaired) electrons. The largest absolute Gasteiger partial charge is 0.295 e. The van der Waals surface area contributed by atoms with Gasteiger partial charge >= 0.3 is 0 Å². The van der Waals surface area contributed by atoms with Crippen LogP contribution in [-0.4, -0.2) is 17.5 Å². The SMILES string of the molecule is CC(=O)c1ccc(N2C(=O)/C(=C\c3cccc(C)c3)N=C2C)cc1. The van der Waals surface area contributed by atoms with E-state index in [2.05, 4.69) is 4.99 Å². The number of nitrogens with zero attached hydrogens (tertiary/aromatic N) is 2. The monoisotopic (exact) mass is 318 g/mol. The number of hydrogen-bond donors (Lipinski definition) is 0. The third-order valence-corrected chi connectivity index (χ3v) is 3.91. The Balaban J connectivity index is 1.91. The number of anilines is 1. The molecule has 0 spiro atoms. The molecule has 1 amide bonds. The molecule has 1 aliphatic rings. The van der Waals surface area contributed by atoms with Crippen LogP contribution in [0.2, 0.25) is 0 Å². The van der Waals surface area contributed by atoms with Crippen LogP contribution >= 0.6 is 0 Å². The van der Waals surface area contributed by atoms with E-state index in [0.717, 1.165) is 11.1 Å². The van der Waals surface area contributed by atoms with Gasteiger partial charge in [-0.2, -0.15) is 0 Å². The Morgan fingerprint density at radius 2 is 1.79 bits per heavy atom. The van der Waals surface area contributed by atoms with Crippen LogP contribution in [0, 0.1) is 6.92 Å². The number of amidine groups is 1. The summed E-state index contributed by atoms with van der Waals surface area (Å²) in [6.45, 7) is 5.33. The van der Waals surface area contributed by atoms with Crippen LogP contribution in [0.5, 0.6) is 0 Å². The smallest absolute Gasteiger partial charge is 0.282 e. The Bertz CT molecular complexity index is 877. The first-order valence-electron chi connectivity index (χ1n) is 7.75. The molecular weight excluding hydrogens is 300 g/mol. The molecule has 0 saturated heterocycles. The van der Waals surface area contributed by atoms with Crippen molar-refractivity contribution in [1.82, 2.24) is 0 Å². The molecule has 1 aliphatic heterocycles. The summed E-state index contributed by atoms with van der Waals surface area (Å²) in [6, 6.07) is 14.9. The van der Waals surface area contributed by atoms with Gasteiger partial charge < -0.3 is 0 Å². The topological polar surface area (TPSA) is 49.7 Å². The molecule has 2 aromatic carbocycles. The van der Waals surface area contributed by atoms with E-state index in [9.17, 15) is 9.59 Å². The van der Waals surface area contributed by atoms with Crippen LogP contribution in [0.3, 0.4) is 0 Å². The van der Waals surface area contributed by atoms with E-state index in [1.165, 1.54) is 6.92 Å². The van der Waals surface area contributed by atoms with Gasteiger partial charge in [0.15, 0.2) is 5.78 Å². The number of hydrogen-bond acceptors (Lipinski definition) is 3. The first-order chi connectivity index (χ1) is 11.5. The van der Waals surface area contributed by atoms with Gasteiger partial charge in [-0.15, -0.1) is 0 Å².